The van der Waals surface area contributed by atoms with Crippen molar-refractivity contribution in [2.45, 2.75) is 88.7 Å². The minimum Gasteiger partial charge on any atom is -0.463 e. The first-order chi connectivity index (χ1) is 15.6. The van der Waals surface area contributed by atoms with Gasteiger partial charge in [-0.15, -0.1) is 0 Å². The number of ether oxygens (including phenoxy) is 6. The SMILES string of the molecule is C/C=C/[C@@H]1OC2(CCCCC2)O[C@@H]1/C=C/C(=O)OC[C@H]1COC(=O)[C@H]1OC1CCCCO1. The van der Waals surface area contributed by atoms with E-state index < -0.39 is 30.1 Å². The van der Waals surface area contributed by atoms with E-state index in [2.05, 4.69) is 0 Å². The van der Waals surface area contributed by atoms with Crippen molar-refractivity contribution in [3.63, 3.8) is 0 Å². The molecule has 4 aliphatic rings. The van der Waals surface area contributed by atoms with Crippen LogP contribution in [0.3, 0.4) is 0 Å². The van der Waals surface area contributed by atoms with E-state index in [1.165, 1.54) is 12.5 Å². The first-order valence-corrected chi connectivity index (χ1v) is 11.9. The van der Waals surface area contributed by atoms with Crippen LogP contribution in [0.4, 0.5) is 0 Å². The smallest absolute Gasteiger partial charge is 0.335 e. The Kier molecular flexibility index (Phi) is 7.99. The number of carbonyl (C=O) groups is 2. The second kappa shape index (κ2) is 10.9. The number of esters is 2. The van der Waals surface area contributed by atoms with E-state index in [-0.39, 0.29) is 31.3 Å². The quantitative estimate of drug-likeness (QED) is 0.332. The predicted molar refractivity (Wildman–Crippen MR) is 113 cm³/mol. The Hall–Kier alpha value is -1.74. The Bertz CT molecular complexity index is 705. The summed E-state index contributed by atoms with van der Waals surface area (Å²) >= 11 is 0. The summed E-state index contributed by atoms with van der Waals surface area (Å²) < 4.78 is 34.3. The van der Waals surface area contributed by atoms with Crippen molar-refractivity contribution in [2.24, 2.45) is 5.92 Å². The summed E-state index contributed by atoms with van der Waals surface area (Å²) in [4.78, 5) is 24.4. The number of allylic oxidation sites excluding steroid dienone is 1. The summed E-state index contributed by atoms with van der Waals surface area (Å²) in [7, 11) is 0. The molecule has 178 valence electrons. The maximum Gasteiger partial charge on any atom is 0.335 e. The molecule has 8 nitrogen and oxygen atoms in total. The van der Waals surface area contributed by atoms with Gasteiger partial charge >= 0.3 is 11.9 Å². The van der Waals surface area contributed by atoms with Gasteiger partial charge in [-0.1, -0.05) is 18.6 Å². The normalized spacial score (nSPS) is 35.0. The second-order valence-electron chi connectivity index (χ2n) is 8.89. The van der Waals surface area contributed by atoms with Crippen LogP contribution in [0.5, 0.6) is 0 Å². The molecule has 8 heteroatoms. The minimum absolute atomic E-state index is 0.0382. The van der Waals surface area contributed by atoms with E-state index in [4.69, 9.17) is 28.4 Å². The van der Waals surface area contributed by atoms with E-state index in [0.717, 1.165) is 44.9 Å². The molecular formula is C24H34O8. The molecule has 0 aromatic rings. The van der Waals surface area contributed by atoms with Gasteiger partial charge in [0.25, 0.3) is 0 Å². The van der Waals surface area contributed by atoms with Crippen LogP contribution in [0.15, 0.2) is 24.3 Å². The third kappa shape index (κ3) is 5.78. The van der Waals surface area contributed by atoms with Crippen LogP contribution in [0, 0.1) is 5.92 Å². The predicted octanol–water partition coefficient (Wildman–Crippen LogP) is 3.19. The maximum absolute atomic E-state index is 12.4. The van der Waals surface area contributed by atoms with Gasteiger partial charge in [0, 0.05) is 25.5 Å². The molecule has 1 saturated carbocycles. The summed E-state index contributed by atoms with van der Waals surface area (Å²) in [6, 6.07) is 0. The molecule has 0 amide bonds. The summed E-state index contributed by atoms with van der Waals surface area (Å²) in [5.74, 6) is -1.82. The van der Waals surface area contributed by atoms with Crippen molar-refractivity contribution in [1.29, 1.82) is 0 Å². The molecule has 0 radical (unpaired) electrons. The Morgan fingerprint density at radius 2 is 1.88 bits per heavy atom. The highest BCUT2D eigenvalue weighted by atomic mass is 16.8. The molecule has 1 aliphatic carbocycles. The minimum atomic E-state index is -0.772. The van der Waals surface area contributed by atoms with Crippen molar-refractivity contribution < 1.29 is 38.0 Å². The van der Waals surface area contributed by atoms with Crippen molar-refractivity contribution in [1.82, 2.24) is 0 Å². The highest BCUT2D eigenvalue weighted by Gasteiger charge is 2.46. The van der Waals surface area contributed by atoms with Crippen molar-refractivity contribution >= 4 is 11.9 Å². The first kappa shape index (κ1) is 23.4. The molecule has 4 fully saturated rings. The fraction of sp³-hybridized carbons (Fsp3) is 0.750. The van der Waals surface area contributed by atoms with Gasteiger partial charge in [-0.25, -0.2) is 9.59 Å². The van der Waals surface area contributed by atoms with Gasteiger partial charge in [0.05, 0.1) is 5.92 Å². The van der Waals surface area contributed by atoms with Crippen LogP contribution in [0.25, 0.3) is 0 Å². The van der Waals surface area contributed by atoms with E-state index in [1.807, 2.05) is 19.1 Å². The molecule has 0 aromatic carbocycles. The molecule has 3 aliphatic heterocycles. The number of carbonyl (C=O) groups excluding carboxylic acids is 2. The van der Waals surface area contributed by atoms with Gasteiger partial charge in [0.2, 0.25) is 0 Å². The van der Waals surface area contributed by atoms with Gasteiger partial charge in [0.15, 0.2) is 18.2 Å². The monoisotopic (exact) mass is 450 g/mol. The standard InChI is InChI=1S/C24H34O8/c1-2-8-18-19(32-24(31-18)12-5-3-6-13-24)10-11-20(25)28-15-17-16-29-23(26)22(17)30-21-9-4-7-14-27-21/h2,8,10-11,17-19,21-22H,3-7,9,12-16H2,1H3/b8-2+,11-10+/t17-,18-,19+,21?,22-/m0/s1. The van der Waals surface area contributed by atoms with Gasteiger partial charge in [0.1, 0.15) is 25.4 Å². The summed E-state index contributed by atoms with van der Waals surface area (Å²) in [6.07, 6.45) is 13.1. The van der Waals surface area contributed by atoms with Crippen LogP contribution < -0.4 is 0 Å². The van der Waals surface area contributed by atoms with Crippen LogP contribution in [-0.2, 0) is 38.0 Å². The molecule has 3 saturated heterocycles. The van der Waals surface area contributed by atoms with Crippen LogP contribution >= 0.6 is 0 Å². The molecule has 0 N–H and O–H groups in total. The molecule has 32 heavy (non-hydrogen) atoms. The lowest BCUT2D eigenvalue weighted by atomic mass is 9.94. The van der Waals surface area contributed by atoms with E-state index in [0.29, 0.717) is 6.61 Å². The second-order valence-corrected chi connectivity index (χ2v) is 8.89. The molecule has 5 atom stereocenters. The zero-order chi connectivity index (χ0) is 22.4. The van der Waals surface area contributed by atoms with Gasteiger partial charge in [-0.3, -0.25) is 0 Å². The van der Waals surface area contributed by atoms with Crippen LogP contribution in [0.2, 0.25) is 0 Å². The van der Waals surface area contributed by atoms with E-state index >= 15 is 0 Å². The van der Waals surface area contributed by atoms with Gasteiger partial charge < -0.3 is 28.4 Å². The average Bonchev–Trinajstić information content (AvgIpc) is 3.32. The highest BCUT2D eigenvalue weighted by molar-refractivity contribution is 5.82. The number of hydrogen-bond donors (Lipinski definition) is 0. The average molecular weight is 451 g/mol. The lowest BCUT2D eigenvalue weighted by molar-refractivity contribution is -0.200. The molecule has 4 rings (SSSR count). The Morgan fingerprint density at radius 3 is 2.59 bits per heavy atom. The fourth-order valence-electron chi connectivity index (χ4n) is 4.72. The third-order valence-electron chi connectivity index (χ3n) is 6.42. The van der Waals surface area contributed by atoms with Crippen molar-refractivity contribution in [3.05, 3.63) is 24.3 Å². The maximum atomic E-state index is 12.4. The van der Waals surface area contributed by atoms with Gasteiger partial charge in [-0.2, -0.15) is 0 Å². The summed E-state index contributed by atoms with van der Waals surface area (Å²) in [6.45, 7) is 2.76. The van der Waals surface area contributed by atoms with E-state index in [1.54, 1.807) is 6.08 Å². The third-order valence-corrected chi connectivity index (χ3v) is 6.42. The molecule has 0 aromatic heterocycles. The number of hydrogen-bond acceptors (Lipinski definition) is 8. The first-order valence-electron chi connectivity index (χ1n) is 11.9. The molecule has 1 spiro atoms. The van der Waals surface area contributed by atoms with Crippen LogP contribution in [0.1, 0.15) is 58.3 Å². The molecular weight excluding hydrogens is 416 g/mol. The Labute approximate surface area is 189 Å². The number of cyclic esters (lactones) is 1. The molecule has 0 bridgehead atoms. The lowest BCUT2D eigenvalue weighted by Crippen LogP contribution is -2.36. The largest absolute Gasteiger partial charge is 0.463 e. The van der Waals surface area contributed by atoms with Gasteiger partial charge in [-0.05, 0) is 45.1 Å². The number of rotatable bonds is 7. The van der Waals surface area contributed by atoms with Crippen LogP contribution in [-0.4, -0.2) is 62.1 Å². The van der Waals surface area contributed by atoms with Crippen molar-refractivity contribution in [3.8, 4) is 0 Å². The topological polar surface area (TPSA) is 89.5 Å². The molecule has 1 unspecified atom stereocenters. The Morgan fingerprint density at radius 1 is 1.09 bits per heavy atom. The lowest BCUT2D eigenvalue weighted by Gasteiger charge is -2.31. The summed E-state index contributed by atoms with van der Waals surface area (Å²) in [5, 5.41) is 0. The summed E-state index contributed by atoms with van der Waals surface area (Å²) in [5.41, 5.74) is 0. The zero-order valence-corrected chi connectivity index (χ0v) is 18.7. The van der Waals surface area contributed by atoms with Crippen molar-refractivity contribution in [2.75, 3.05) is 19.8 Å². The van der Waals surface area contributed by atoms with E-state index in [9.17, 15) is 9.59 Å². The molecule has 3 heterocycles. The Balaban J connectivity index is 1.28. The fourth-order valence-corrected chi connectivity index (χ4v) is 4.72. The zero-order valence-electron chi connectivity index (χ0n) is 18.7. The highest BCUT2D eigenvalue weighted by Crippen LogP contribution is 2.41.